The Labute approximate surface area is 132 Å². The maximum Gasteiger partial charge on any atom is 0.105 e. The second-order valence-electron chi connectivity index (χ2n) is 6.85. The zero-order chi connectivity index (χ0) is 15.7. The molecule has 1 fully saturated rings. The predicted molar refractivity (Wildman–Crippen MR) is 85.9 cm³/mol. The zero-order valence-electron chi connectivity index (χ0n) is 13.1. The van der Waals surface area contributed by atoms with Gasteiger partial charge in [0.2, 0.25) is 0 Å². The van der Waals surface area contributed by atoms with Gasteiger partial charge in [-0.25, -0.2) is 0 Å². The monoisotopic (exact) mass is 305 g/mol. The summed E-state index contributed by atoms with van der Waals surface area (Å²) in [6.07, 6.45) is 3.52. The van der Waals surface area contributed by atoms with Crippen LogP contribution in [-0.4, -0.2) is 5.11 Å². The summed E-state index contributed by atoms with van der Waals surface area (Å²) in [5.74, 6) is 1.30. The highest BCUT2D eigenvalue weighted by molar-refractivity contribution is 6.30. The first-order chi connectivity index (χ1) is 9.82. The Bertz CT molecular complexity index is 519. The smallest absolute Gasteiger partial charge is 0.105 e. The van der Waals surface area contributed by atoms with Crippen LogP contribution in [0.15, 0.2) is 24.3 Å². The number of rotatable bonds is 3. The van der Waals surface area contributed by atoms with E-state index < -0.39 is 11.0 Å². The summed E-state index contributed by atoms with van der Waals surface area (Å²) >= 11 is 5.92. The largest absolute Gasteiger partial charge is 0.384 e. The van der Waals surface area contributed by atoms with Crippen LogP contribution >= 0.6 is 11.6 Å². The molecular weight excluding hydrogens is 282 g/mol. The molecule has 2 nitrogen and oxygen atoms in total. The van der Waals surface area contributed by atoms with Crippen molar-refractivity contribution in [2.45, 2.75) is 52.1 Å². The minimum absolute atomic E-state index is 0.641. The van der Waals surface area contributed by atoms with E-state index in [-0.39, 0.29) is 0 Å². The van der Waals surface area contributed by atoms with Crippen LogP contribution in [-0.2, 0) is 5.60 Å². The third-order valence-electron chi connectivity index (χ3n) is 5.38. The van der Waals surface area contributed by atoms with E-state index in [1.807, 2.05) is 12.1 Å². The number of benzene rings is 1. The Balaban J connectivity index is 2.28. The van der Waals surface area contributed by atoms with Crippen molar-refractivity contribution in [1.82, 2.24) is 0 Å². The third kappa shape index (κ3) is 2.96. The van der Waals surface area contributed by atoms with Gasteiger partial charge in [-0.05, 0) is 62.1 Å². The van der Waals surface area contributed by atoms with Crippen molar-refractivity contribution in [3.63, 3.8) is 0 Å². The molecule has 1 aromatic carbocycles. The van der Waals surface area contributed by atoms with Crippen LogP contribution in [0.1, 0.15) is 52.0 Å². The van der Waals surface area contributed by atoms with E-state index >= 15 is 0 Å². The number of hydrogen-bond acceptors (Lipinski definition) is 2. The predicted octanol–water partition coefficient (Wildman–Crippen LogP) is 4.90. The van der Waals surface area contributed by atoms with Gasteiger partial charge < -0.3 is 5.11 Å². The second-order valence-corrected chi connectivity index (χ2v) is 7.29. The molecule has 0 aliphatic heterocycles. The van der Waals surface area contributed by atoms with Crippen molar-refractivity contribution in [2.24, 2.45) is 17.3 Å². The summed E-state index contributed by atoms with van der Waals surface area (Å²) in [4.78, 5) is 0. The first-order valence-corrected chi connectivity index (χ1v) is 8.10. The highest BCUT2D eigenvalue weighted by Crippen LogP contribution is 2.51. The van der Waals surface area contributed by atoms with Gasteiger partial charge in [0.25, 0.3) is 0 Å². The normalized spacial score (nSPS) is 28.9. The van der Waals surface area contributed by atoms with Crippen LogP contribution in [0.25, 0.3) is 0 Å². The maximum atomic E-state index is 11.1. The van der Waals surface area contributed by atoms with Gasteiger partial charge in [0, 0.05) is 5.02 Å². The molecule has 1 aliphatic carbocycles. The van der Waals surface area contributed by atoms with Crippen LogP contribution in [0.3, 0.4) is 0 Å². The fraction of sp³-hybridized carbons (Fsp3) is 0.611. The SMILES string of the molecule is CC(C)C1CCC(C#N)(C(C)(O)c2ccc(Cl)cc2)CC1. The summed E-state index contributed by atoms with van der Waals surface area (Å²) in [6, 6.07) is 9.65. The van der Waals surface area contributed by atoms with Crippen molar-refractivity contribution in [3.05, 3.63) is 34.9 Å². The number of halogens is 1. The minimum atomic E-state index is -1.14. The van der Waals surface area contributed by atoms with Gasteiger partial charge in [0.05, 0.1) is 11.5 Å². The summed E-state index contributed by atoms with van der Waals surface area (Å²) in [5, 5.41) is 21.5. The van der Waals surface area contributed by atoms with E-state index in [0.717, 1.165) is 31.2 Å². The van der Waals surface area contributed by atoms with Crippen LogP contribution in [0.2, 0.25) is 5.02 Å². The van der Waals surface area contributed by atoms with Gasteiger partial charge in [-0.15, -0.1) is 0 Å². The molecule has 1 saturated carbocycles. The highest BCUT2D eigenvalue weighted by Gasteiger charge is 2.50. The molecule has 21 heavy (non-hydrogen) atoms. The van der Waals surface area contributed by atoms with Crippen LogP contribution in [0.5, 0.6) is 0 Å². The second kappa shape index (κ2) is 5.99. The number of aliphatic hydroxyl groups is 1. The topological polar surface area (TPSA) is 44.0 Å². The summed E-state index contributed by atoms with van der Waals surface area (Å²) < 4.78 is 0. The summed E-state index contributed by atoms with van der Waals surface area (Å²) in [6.45, 7) is 6.25. The molecule has 0 radical (unpaired) electrons. The molecule has 1 atom stereocenters. The van der Waals surface area contributed by atoms with Gasteiger partial charge in [0.15, 0.2) is 0 Å². The Hall–Kier alpha value is -1.04. The number of nitriles is 1. The Kier molecular flexibility index (Phi) is 4.66. The van der Waals surface area contributed by atoms with Crippen molar-refractivity contribution < 1.29 is 5.11 Å². The fourth-order valence-corrected chi connectivity index (χ4v) is 3.68. The van der Waals surface area contributed by atoms with Gasteiger partial charge in [0.1, 0.15) is 5.60 Å². The highest BCUT2D eigenvalue weighted by atomic mass is 35.5. The first-order valence-electron chi connectivity index (χ1n) is 7.72. The third-order valence-corrected chi connectivity index (χ3v) is 5.63. The van der Waals surface area contributed by atoms with Gasteiger partial charge >= 0.3 is 0 Å². The molecule has 1 unspecified atom stereocenters. The lowest BCUT2D eigenvalue weighted by atomic mass is 9.59. The zero-order valence-corrected chi connectivity index (χ0v) is 13.8. The molecule has 0 spiro atoms. The summed E-state index contributed by atoms with van der Waals surface area (Å²) in [7, 11) is 0. The average molecular weight is 306 g/mol. The molecule has 1 aliphatic rings. The first kappa shape index (κ1) is 16.3. The lowest BCUT2D eigenvalue weighted by molar-refractivity contribution is -0.0721. The molecule has 0 amide bonds. The summed E-state index contributed by atoms with van der Waals surface area (Å²) in [5.41, 5.74) is -1.07. The molecule has 0 saturated heterocycles. The lowest BCUT2D eigenvalue weighted by Gasteiger charge is -2.45. The van der Waals surface area contributed by atoms with Crippen molar-refractivity contribution in [1.29, 1.82) is 5.26 Å². The van der Waals surface area contributed by atoms with E-state index in [2.05, 4.69) is 19.9 Å². The molecular formula is C18H24ClNO. The molecule has 0 heterocycles. The van der Waals surface area contributed by atoms with E-state index in [4.69, 9.17) is 11.6 Å². The molecule has 1 aromatic rings. The van der Waals surface area contributed by atoms with Crippen molar-refractivity contribution in [3.8, 4) is 6.07 Å². The number of hydrogen-bond donors (Lipinski definition) is 1. The van der Waals surface area contributed by atoms with Crippen molar-refractivity contribution >= 4 is 11.6 Å². The fourth-order valence-electron chi connectivity index (χ4n) is 3.56. The van der Waals surface area contributed by atoms with E-state index in [1.165, 1.54) is 0 Å². The standard InChI is InChI=1S/C18H24ClNO/c1-13(2)14-8-10-18(12-20,11-9-14)17(3,21)15-4-6-16(19)7-5-15/h4-7,13-14,21H,8-11H2,1-3H3. The molecule has 114 valence electrons. The number of nitrogens with zero attached hydrogens (tertiary/aromatic N) is 1. The molecule has 3 heteroatoms. The van der Waals surface area contributed by atoms with E-state index in [1.54, 1.807) is 19.1 Å². The van der Waals surface area contributed by atoms with Gasteiger partial charge in [-0.1, -0.05) is 37.6 Å². The molecule has 0 aromatic heterocycles. The quantitative estimate of drug-likeness (QED) is 0.862. The molecule has 0 bridgehead atoms. The van der Waals surface area contributed by atoms with E-state index in [0.29, 0.717) is 16.9 Å². The van der Waals surface area contributed by atoms with Crippen LogP contribution in [0, 0.1) is 28.6 Å². The van der Waals surface area contributed by atoms with Crippen LogP contribution in [0.4, 0.5) is 0 Å². The Morgan fingerprint density at radius 2 is 1.81 bits per heavy atom. The van der Waals surface area contributed by atoms with Gasteiger partial charge in [-0.2, -0.15) is 5.26 Å². The maximum absolute atomic E-state index is 11.1. The van der Waals surface area contributed by atoms with Crippen LogP contribution < -0.4 is 0 Å². The average Bonchev–Trinajstić information content (AvgIpc) is 2.47. The minimum Gasteiger partial charge on any atom is -0.384 e. The Morgan fingerprint density at radius 3 is 2.24 bits per heavy atom. The van der Waals surface area contributed by atoms with E-state index in [9.17, 15) is 10.4 Å². The van der Waals surface area contributed by atoms with Gasteiger partial charge in [-0.3, -0.25) is 0 Å². The Morgan fingerprint density at radius 1 is 1.29 bits per heavy atom. The molecule has 2 rings (SSSR count). The lowest BCUT2D eigenvalue weighted by Crippen LogP contribution is -2.45. The van der Waals surface area contributed by atoms with Crippen molar-refractivity contribution in [2.75, 3.05) is 0 Å². The molecule has 1 N–H and O–H groups in total.